The van der Waals surface area contributed by atoms with Crippen molar-refractivity contribution >= 4 is 63.7 Å². The first-order chi connectivity index (χ1) is 25.9. The number of carbonyl (C=O) groups excluding carboxylic acids is 5. The van der Waals surface area contributed by atoms with E-state index in [2.05, 4.69) is 16.0 Å². The van der Waals surface area contributed by atoms with Crippen LogP contribution in [0.25, 0.3) is 11.0 Å². The smallest absolute Gasteiger partial charge is 0.337 e. The van der Waals surface area contributed by atoms with Crippen molar-refractivity contribution in [2.45, 2.75) is 45.2 Å². The van der Waals surface area contributed by atoms with Crippen LogP contribution in [-0.4, -0.2) is 89.2 Å². The van der Waals surface area contributed by atoms with Crippen LogP contribution in [0.1, 0.15) is 74.4 Å². The van der Waals surface area contributed by atoms with E-state index < -0.39 is 41.7 Å². The maximum absolute atomic E-state index is 13.4. The fourth-order valence-corrected chi connectivity index (χ4v) is 7.24. The quantitative estimate of drug-likeness (QED) is 0.173. The number of piperazine rings is 1. The predicted octanol–water partition coefficient (Wildman–Crippen LogP) is 3.52. The molecule has 15 nitrogen and oxygen atoms in total. The number of piperidine rings is 1. The molecule has 1 aromatic heterocycles. The van der Waals surface area contributed by atoms with Gasteiger partial charge in [-0.3, -0.25) is 39.0 Å². The molecule has 0 bridgehead atoms. The molecule has 7 rings (SSSR count). The largest absolute Gasteiger partial charge is 0.478 e. The molecule has 3 aliphatic rings. The van der Waals surface area contributed by atoms with Crippen LogP contribution in [0.3, 0.4) is 0 Å². The first-order valence-electron chi connectivity index (χ1n) is 17.7. The molecule has 1 unspecified atom stereocenters. The molecule has 3 aromatic carbocycles. The summed E-state index contributed by atoms with van der Waals surface area (Å²) in [6, 6.07) is 15.0. The molecular formula is C39H38N6O9. The van der Waals surface area contributed by atoms with Crippen LogP contribution in [0.15, 0.2) is 69.9 Å². The first kappa shape index (κ1) is 35.9. The molecule has 2 saturated heterocycles. The number of anilines is 3. The number of imide groups is 2. The van der Waals surface area contributed by atoms with Crippen molar-refractivity contribution in [2.75, 3.05) is 48.3 Å². The number of carbonyl (C=O) groups is 6. The summed E-state index contributed by atoms with van der Waals surface area (Å²) in [7, 11) is 0. The Balaban J connectivity index is 0.967. The number of hydrogen-bond donors (Lipinski definition) is 4. The fraction of sp³-hybridized carbons (Fsp3) is 0.308. The normalized spacial score (nSPS) is 17.7. The number of nitrogens with one attached hydrogen (secondary N) is 3. The van der Waals surface area contributed by atoms with Crippen molar-refractivity contribution in [3.63, 3.8) is 0 Å². The Bertz CT molecular complexity index is 2290. The number of carboxylic acid groups (broad SMARTS) is 1. The van der Waals surface area contributed by atoms with Crippen LogP contribution in [-0.2, 0) is 14.4 Å². The molecule has 0 spiro atoms. The van der Waals surface area contributed by atoms with Gasteiger partial charge in [0.25, 0.3) is 11.8 Å². The summed E-state index contributed by atoms with van der Waals surface area (Å²) in [6.07, 6.45) is 0.266. The van der Waals surface area contributed by atoms with Gasteiger partial charge in [-0.2, -0.15) is 0 Å². The molecule has 2 fully saturated rings. The Hall–Kier alpha value is -6.51. The lowest BCUT2D eigenvalue weighted by Crippen LogP contribution is -2.54. The van der Waals surface area contributed by atoms with Crippen LogP contribution < -0.4 is 26.3 Å². The van der Waals surface area contributed by atoms with Crippen LogP contribution in [0, 0.1) is 6.92 Å². The minimum atomic E-state index is -1.06. The second-order valence-electron chi connectivity index (χ2n) is 13.6. The minimum absolute atomic E-state index is 0.0341. The average molecular weight is 735 g/mol. The lowest BCUT2D eigenvalue weighted by Gasteiger charge is -2.35. The molecule has 278 valence electrons. The highest BCUT2D eigenvalue weighted by Gasteiger charge is 2.44. The summed E-state index contributed by atoms with van der Waals surface area (Å²) in [5, 5.41) is 18.7. The molecule has 15 heteroatoms. The summed E-state index contributed by atoms with van der Waals surface area (Å²) in [4.78, 5) is 92.9. The van der Waals surface area contributed by atoms with E-state index >= 15 is 0 Å². The van der Waals surface area contributed by atoms with Gasteiger partial charge in [-0.05, 0) is 62.2 Å². The van der Waals surface area contributed by atoms with Gasteiger partial charge in [-0.25, -0.2) is 4.79 Å². The van der Waals surface area contributed by atoms with Crippen molar-refractivity contribution in [3.8, 4) is 0 Å². The number of fused-ring (bicyclic) bond motifs is 2. The summed E-state index contributed by atoms with van der Waals surface area (Å²) in [6.45, 7) is 5.68. The van der Waals surface area contributed by atoms with Crippen molar-refractivity contribution < 1.29 is 38.3 Å². The molecule has 0 aliphatic carbocycles. The van der Waals surface area contributed by atoms with Crippen LogP contribution in [0.5, 0.6) is 0 Å². The van der Waals surface area contributed by atoms with E-state index in [0.717, 1.165) is 10.5 Å². The molecule has 5 amide bonds. The number of nitrogens with zero attached hydrogens (tertiary/aromatic N) is 3. The SMILES string of the molecule is Cc1cc([C@H](C)Nc2ccccc2C(=O)O)c2oc(N3CCN(C(=O)CCNc4ccc5c(c4)C(=O)N(C4CCC(=O)NC4=O)C5=O)CC3)cc(=O)c2c1. The zero-order valence-corrected chi connectivity index (χ0v) is 29.6. The van der Waals surface area contributed by atoms with Crippen molar-refractivity contribution in [1.82, 2.24) is 15.1 Å². The number of hydrogen-bond acceptors (Lipinski definition) is 11. The number of carboxylic acids is 1. The van der Waals surface area contributed by atoms with Gasteiger partial charge in [-0.15, -0.1) is 0 Å². The van der Waals surface area contributed by atoms with Gasteiger partial charge in [0, 0.05) is 68.6 Å². The van der Waals surface area contributed by atoms with E-state index in [9.17, 15) is 38.7 Å². The summed E-state index contributed by atoms with van der Waals surface area (Å²) < 4.78 is 6.39. The van der Waals surface area contributed by atoms with Gasteiger partial charge in [0.1, 0.15) is 11.6 Å². The molecule has 54 heavy (non-hydrogen) atoms. The van der Waals surface area contributed by atoms with E-state index in [1.165, 1.54) is 24.3 Å². The lowest BCUT2D eigenvalue weighted by molar-refractivity contribution is -0.136. The molecule has 2 atom stereocenters. The maximum Gasteiger partial charge on any atom is 0.337 e. The Labute approximate surface area is 308 Å². The van der Waals surface area contributed by atoms with Gasteiger partial charge >= 0.3 is 5.97 Å². The van der Waals surface area contributed by atoms with Crippen molar-refractivity contribution in [3.05, 3.63) is 98.7 Å². The van der Waals surface area contributed by atoms with Gasteiger partial charge in [0.15, 0.2) is 11.3 Å². The maximum atomic E-state index is 13.4. The number of benzene rings is 3. The third kappa shape index (κ3) is 6.87. The molecule has 4 heterocycles. The number of para-hydroxylation sites is 1. The molecule has 4 N–H and O–H groups in total. The zero-order chi connectivity index (χ0) is 38.3. The van der Waals surface area contributed by atoms with Gasteiger partial charge in [-0.1, -0.05) is 18.2 Å². The highest BCUT2D eigenvalue weighted by molar-refractivity contribution is 6.23. The van der Waals surface area contributed by atoms with E-state index in [4.69, 9.17) is 4.42 Å². The predicted molar refractivity (Wildman–Crippen MR) is 198 cm³/mol. The Morgan fingerprint density at radius 2 is 1.69 bits per heavy atom. The van der Waals surface area contributed by atoms with Crippen LogP contribution in [0.2, 0.25) is 0 Å². The van der Waals surface area contributed by atoms with Crippen LogP contribution >= 0.6 is 0 Å². The van der Waals surface area contributed by atoms with Gasteiger partial charge in [0.2, 0.25) is 17.7 Å². The summed E-state index contributed by atoms with van der Waals surface area (Å²) >= 11 is 0. The molecular weight excluding hydrogens is 696 g/mol. The zero-order valence-electron chi connectivity index (χ0n) is 29.6. The minimum Gasteiger partial charge on any atom is -0.478 e. The molecule has 0 saturated carbocycles. The van der Waals surface area contributed by atoms with E-state index in [1.54, 1.807) is 35.2 Å². The molecule has 3 aliphatic heterocycles. The second kappa shape index (κ2) is 14.5. The van der Waals surface area contributed by atoms with E-state index in [0.29, 0.717) is 60.0 Å². The average Bonchev–Trinajstić information content (AvgIpc) is 3.39. The van der Waals surface area contributed by atoms with Gasteiger partial charge < -0.3 is 30.0 Å². The Morgan fingerprint density at radius 1 is 0.944 bits per heavy atom. The van der Waals surface area contributed by atoms with Gasteiger partial charge in [0.05, 0.1) is 28.1 Å². The highest BCUT2D eigenvalue weighted by atomic mass is 16.4. The molecule has 4 aromatic rings. The van der Waals surface area contributed by atoms with E-state index in [-0.39, 0.29) is 53.8 Å². The summed E-state index contributed by atoms with van der Waals surface area (Å²) in [5.74, 6) is -3.08. The standard InChI is InChI=1S/C39H38N6O9/c1-21-17-26(22(2)41-29-6-4-3-5-25(29)39(52)53)35-28(18-21)31(46)20-34(54-35)44-15-13-43(14-16-44)33(48)11-12-40-23-7-8-24-27(19-23)38(51)45(37(24)50)30-9-10-32(47)42-36(30)49/h3-8,17-20,22,30,40-41H,9-16H2,1-2H3,(H,52,53)(H,42,47,49)/t22-,30?/m0/s1. The van der Waals surface area contributed by atoms with E-state index in [1.807, 2.05) is 24.8 Å². The highest BCUT2D eigenvalue weighted by Crippen LogP contribution is 2.32. The third-order valence-electron chi connectivity index (χ3n) is 10.0. The fourth-order valence-electron chi connectivity index (χ4n) is 7.24. The number of amides is 5. The number of aromatic carboxylic acids is 1. The topological polar surface area (TPSA) is 199 Å². The second-order valence-corrected chi connectivity index (χ2v) is 13.6. The first-order valence-corrected chi connectivity index (χ1v) is 17.7. The third-order valence-corrected chi connectivity index (χ3v) is 10.0. The molecule has 0 radical (unpaired) electrons. The Morgan fingerprint density at radius 3 is 2.43 bits per heavy atom. The lowest BCUT2D eigenvalue weighted by atomic mass is 10.0. The number of rotatable bonds is 10. The monoisotopic (exact) mass is 734 g/mol. The summed E-state index contributed by atoms with van der Waals surface area (Å²) in [5.41, 5.74) is 3.19. The van der Waals surface area contributed by atoms with Crippen LogP contribution in [0.4, 0.5) is 17.3 Å². The van der Waals surface area contributed by atoms with Crippen molar-refractivity contribution in [2.24, 2.45) is 0 Å². The number of aryl methyl sites for hydroxylation is 1. The van der Waals surface area contributed by atoms with Crippen molar-refractivity contribution in [1.29, 1.82) is 0 Å². The Kier molecular flexibility index (Phi) is 9.62.